The standard InChI is InChI=1S/C17H19NO/c1-18(2)16-11-7-6-10-15(16)17(19)13-12-14-8-4-3-5-9-14/h3-11H,12-13H2,1-2H3. The molecule has 0 saturated carbocycles. The number of benzene rings is 2. The van der Waals surface area contributed by atoms with E-state index in [-0.39, 0.29) is 5.78 Å². The fourth-order valence-electron chi connectivity index (χ4n) is 2.14. The molecule has 0 aliphatic heterocycles. The third-order valence-corrected chi connectivity index (χ3v) is 3.17. The molecular weight excluding hydrogens is 234 g/mol. The number of aryl methyl sites for hydroxylation is 1. The van der Waals surface area contributed by atoms with Crippen LogP contribution in [0.1, 0.15) is 22.3 Å². The number of nitrogens with zero attached hydrogens (tertiary/aromatic N) is 1. The summed E-state index contributed by atoms with van der Waals surface area (Å²) < 4.78 is 0. The van der Waals surface area contributed by atoms with Crippen LogP contribution in [0, 0.1) is 0 Å². The van der Waals surface area contributed by atoms with E-state index < -0.39 is 0 Å². The predicted molar refractivity (Wildman–Crippen MR) is 79.9 cm³/mol. The molecule has 2 heteroatoms. The third kappa shape index (κ3) is 3.44. The molecular formula is C17H19NO. The SMILES string of the molecule is CN(C)c1ccccc1C(=O)CCc1ccccc1. The summed E-state index contributed by atoms with van der Waals surface area (Å²) in [6.45, 7) is 0. The lowest BCUT2D eigenvalue weighted by molar-refractivity contribution is 0.0983. The van der Waals surface area contributed by atoms with Crippen LogP contribution in [-0.4, -0.2) is 19.9 Å². The monoisotopic (exact) mass is 253 g/mol. The van der Waals surface area contributed by atoms with Crippen molar-refractivity contribution >= 4 is 11.5 Å². The van der Waals surface area contributed by atoms with Crippen LogP contribution in [0.4, 0.5) is 5.69 Å². The number of Topliss-reactive ketones (excluding diaryl/α,β-unsaturated/α-hetero) is 1. The van der Waals surface area contributed by atoms with Crippen molar-refractivity contribution in [3.63, 3.8) is 0 Å². The normalized spacial score (nSPS) is 10.2. The molecule has 0 aliphatic carbocycles. The summed E-state index contributed by atoms with van der Waals surface area (Å²) in [5, 5.41) is 0. The van der Waals surface area contributed by atoms with Gasteiger partial charge in [-0.05, 0) is 24.1 Å². The second kappa shape index (κ2) is 6.19. The number of hydrogen-bond donors (Lipinski definition) is 0. The zero-order valence-electron chi connectivity index (χ0n) is 11.5. The molecule has 0 fully saturated rings. The van der Waals surface area contributed by atoms with Gasteiger partial charge < -0.3 is 4.90 Å². The quantitative estimate of drug-likeness (QED) is 0.759. The lowest BCUT2D eigenvalue weighted by Gasteiger charge is -2.16. The molecule has 0 saturated heterocycles. The van der Waals surface area contributed by atoms with Gasteiger partial charge in [-0.1, -0.05) is 42.5 Å². The van der Waals surface area contributed by atoms with Crippen molar-refractivity contribution in [2.45, 2.75) is 12.8 Å². The van der Waals surface area contributed by atoms with Crippen molar-refractivity contribution in [3.05, 3.63) is 65.7 Å². The average Bonchev–Trinajstić information content (AvgIpc) is 2.46. The summed E-state index contributed by atoms with van der Waals surface area (Å²) in [6, 6.07) is 17.9. The zero-order chi connectivity index (χ0) is 13.7. The van der Waals surface area contributed by atoms with E-state index in [1.54, 1.807) is 0 Å². The summed E-state index contributed by atoms with van der Waals surface area (Å²) >= 11 is 0. The van der Waals surface area contributed by atoms with E-state index in [1.807, 2.05) is 61.5 Å². The maximum Gasteiger partial charge on any atom is 0.165 e. The second-order valence-electron chi connectivity index (χ2n) is 4.82. The van der Waals surface area contributed by atoms with Crippen LogP contribution in [0.15, 0.2) is 54.6 Å². The largest absolute Gasteiger partial charge is 0.377 e. The Morgan fingerprint density at radius 2 is 1.58 bits per heavy atom. The Bertz CT molecular complexity index is 546. The van der Waals surface area contributed by atoms with Crippen LogP contribution >= 0.6 is 0 Å². The van der Waals surface area contributed by atoms with Gasteiger partial charge in [0.15, 0.2) is 5.78 Å². The van der Waals surface area contributed by atoms with Gasteiger partial charge in [-0.15, -0.1) is 0 Å². The molecule has 2 aromatic carbocycles. The number of carbonyl (C=O) groups is 1. The Morgan fingerprint density at radius 1 is 0.947 bits per heavy atom. The molecule has 0 heterocycles. The molecule has 0 amide bonds. The number of para-hydroxylation sites is 1. The number of rotatable bonds is 5. The lowest BCUT2D eigenvalue weighted by atomic mass is 10.0. The molecule has 2 nitrogen and oxygen atoms in total. The molecule has 0 aromatic heterocycles. The summed E-state index contributed by atoms with van der Waals surface area (Å²) in [6.07, 6.45) is 1.34. The first kappa shape index (κ1) is 13.3. The Labute approximate surface area is 114 Å². The van der Waals surface area contributed by atoms with E-state index in [9.17, 15) is 4.79 Å². The molecule has 0 radical (unpaired) electrons. The van der Waals surface area contributed by atoms with Gasteiger partial charge in [0.05, 0.1) is 0 Å². The van der Waals surface area contributed by atoms with E-state index >= 15 is 0 Å². The number of ketones is 1. The van der Waals surface area contributed by atoms with Crippen molar-refractivity contribution in [2.75, 3.05) is 19.0 Å². The lowest BCUT2D eigenvalue weighted by Crippen LogP contribution is -2.14. The van der Waals surface area contributed by atoms with E-state index in [4.69, 9.17) is 0 Å². The Hall–Kier alpha value is -2.09. The molecule has 98 valence electrons. The smallest absolute Gasteiger partial charge is 0.165 e. The highest BCUT2D eigenvalue weighted by molar-refractivity contribution is 6.01. The van der Waals surface area contributed by atoms with Gasteiger partial charge in [-0.2, -0.15) is 0 Å². The number of carbonyl (C=O) groups excluding carboxylic acids is 1. The minimum absolute atomic E-state index is 0.202. The van der Waals surface area contributed by atoms with E-state index in [2.05, 4.69) is 12.1 Å². The first-order valence-corrected chi connectivity index (χ1v) is 6.52. The highest BCUT2D eigenvalue weighted by Crippen LogP contribution is 2.20. The molecule has 0 unspecified atom stereocenters. The van der Waals surface area contributed by atoms with Gasteiger partial charge >= 0.3 is 0 Å². The first-order valence-electron chi connectivity index (χ1n) is 6.52. The Balaban J connectivity index is 2.08. The van der Waals surface area contributed by atoms with Gasteiger partial charge in [-0.3, -0.25) is 4.79 Å². The summed E-state index contributed by atoms with van der Waals surface area (Å²) in [7, 11) is 3.92. The van der Waals surface area contributed by atoms with Crippen LogP contribution in [-0.2, 0) is 6.42 Å². The van der Waals surface area contributed by atoms with Gasteiger partial charge in [-0.25, -0.2) is 0 Å². The van der Waals surface area contributed by atoms with Gasteiger partial charge in [0.1, 0.15) is 0 Å². The summed E-state index contributed by atoms with van der Waals surface area (Å²) in [5.41, 5.74) is 3.00. The van der Waals surface area contributed by atoms with E-state index in [1.165, 1.54) is 5.56 Å². The summed E-state index contributed by atoms with van der Waals surface area (Å²) in [5.74, 6) is 0.202. The van der Waals surface area contributed by atoms with Crippen LogP contribution in [0.2, 0.25) is 0 Å². The second-order valence-corrected chi connectivity index (χ2v) is 4.82. The molecule has 0 spiro atoms. The summed E-state index contributed by atoms with van der Waals surface area (Å²) in [4.78, 5) is 14.3. The Morgan fingerprint density at radius 3 is 2.26 bits per heavy atom. The number of hydrogen-bond acceptors (Lipinski definition) is 2. The van der Waals surface area contributed by atoms with Gasteiger partial charge in [0, 0.05) is 31.8 Å². The number of anilines is 1. The average molecular weight is 253 g/mol. The van der Waals surface area contributed by atoms with Crippen molar-refractivity contribution in [1.29, 1.82) is 0 Å². The van der Waals surface area contributed by atoms with Gasteiger partial charge in [0.2, 0.25) is 0 Å². The fourth-order valence-corrected chi connectivity index (χ4v) is 2.14. The third-order valence-electron chi connectivity index (χ3n) is 3.17. The molecule has 0 bridgehead atoms. The molecule has 0 atom stereocenters. The van der Waals surface area contributed by atoms with Crippen molar-refractivity contribution < 1.29 is 4.79 Å². The van der Waals surface area contributed by atoms with Crippen molar-refractivity contribution in [2.24, 2.45) is 0 Å². The Kier molecular flexibility index (Phi) is 4.35. The molecule has 2 aromatic rings. The van der Waals surface area contributed by atoms with Crippen LogP contribution < -0.4 is 4.90 Å². The minimum Gasteiger partial charge on any atom is -0.377 e. The first-order chi connectivity index (χ1) is 9.18. The van der Waals surface area contributed by atoms with Gasteiger partial charge in [0.25, 0.3) is 0 Å². The highest BCUT2D eigenvalue weighted by Gasteiger charge is 2.11. The molecule has 0 aliphatic rings. The molecule has 0 N–H and O–H groups in total. The molecule has 2 rings (SSSR count). The van der Waals surface area contributed by atoms with Crippen LogP contribution in [0.3, 0.4) is 0 Å². The maximum absolute atomic E-state index is 12.3. The predicted octanol–water partition coefficient (Wildman–Crippen LogP) is 3.57. The molecule has 19 heavy (non-hydrogen) atoms. The van der Waals surface area contributed by atoms with Crippen molar-refractivity contribution in [1.82, 2.24) is 0 Å². The van der Waals surface area contributed by atoms with E-state index in [0.717, 1.165) is 17.7 Å². The maximum atomic E-state index is 12.3. The van der Waals surface area contributed by atoms with E-state index in [0.29, 0.717) is 6.42 Å². The highest BCUT2D eigenvalue weighted by atomic mass is 16.1. The topological polar surface area (TPSA) is 20.3 Å². The van der Waals surface area contributed by atoms with Crippen LogP contribution in [0.25, 0.3) is 0 Å². The van der Waals surface area contributed by atoms with Crippen molar-refractivity contribution in [3.8, 4) is 0 Å². The van der Waals surface area contributed by atoms with Crippen LogP contribution in [0.5, 0.6) is 0 Å². The zero-order valence-corrected chi connectivity index (χ0v) is 11.5. The fraction of sp³-hybridized carbons (Fsp3) is 0.235. The minimum atomic E-state index is 0.202.